The zero-order valence-corrected chi connectivity index (χ0v) is 16.5. The minimum absolute atomic E-state index is 0.0478. The summed E-state index contributed by atoms with van der Waals surface area (Å²) in [6.45, 7) is 0.612. The van der Waals surface area contributed by atoms with Gasteiger partial charge >= 0.3 is 6.18 Å². The number of amides is 1. The number of aromatic nitrogens is 2. The lowest BCUT2D eigenvalue weighted by Crippen LogP contribution is -2.26. The number of halogens is 5. The quantitative estimate of drug-likeness (QED) is 0.458. The highest BCUT2D eigenvalue weighted by Gasteiger charge is 2.41. The van der Waals surface area contributed by atoms with Crippen molar-refractivity contribution in [2.45, 2.75) is 37.9 Å². The van der Waals surface area contributed by atoms with Gasteiger partial charge in [-0.3, -0.25) is 9.48 Å². The number of aryl methyl sites for hydroxylation is 1. The van der Waals surface area contributed by atoms with Crippen LogP contribution in [-0.4, -0.2) is 22.2 Å². The van der Waals surface area contributed by atoms with Gasteiger partial charge in [0.05, 0.1) is 16.3 Å². The molecular weight excluding hydrogens is 482 g/mol. The molecule has 26 heavy (non-hydrogen) atoms. The number of nitrogens with one attached hydrogen (secondary N) is 1. The number of rotatable bonds is 6. The lowest BCUT2D eigenvalue weighted by molar-refractivity contribution is -0.141. The summed E-state index contributed by atoms with van der Waals surface area (Å²) in [5, 5.41) is 6.17. The molecule has 1 aliphatic rings. The van der Waals surface area contributed by atoms with Crippen LogP contribution in [0.1, 0.15) is 46.9 Å². The van der Waals surface area contributed by atoms with Crippen LogP contribution < -0.4 is 5.32 Å². The molecule has 1 amide bonds. The molecule has 4 nitrogen and oxygen atoms in total. The molecule has 0 aliphatic heterocycles. The predicted molar refractivity (Wildman–Crippen MR) is 100 cm³/mol. The van der Waals surface area contributed by atoms with Gasteiger partial charge in [-0.2, -0.15) is 18.3 Å². The van der Waals surface area contributed by atoms with Crippen LogP contribution in [0.25, 0.3) is 0 Å². The minimum atomic E-state index is -4.57. The molecule has 9 heteroatoms. The van der Waals surface area contributed by atoms with E-state index in [1.807, 2.05) is 12.1 Å². The molecule has 1 N–H and O–H groups in total. The van der Waals surface area contributed by atoms with E-state index in [4.69, 9.17) is 11.6 Å². The largest absolute Gasteiger partial charge is 0.436 e. The summed E-state index contributed by atoms with van der Waals surface area (Å²) >= 11 is 8.02. The first kappa shape index (κ1) is 19.5. The van der Waals surface area contributed by atoms with Crippen LogP contribution in [0.2, 0.25) is 5.02 Å². The van der Waals surface area contributed by atoms with Crippen LogP contribution in [0.5, 0.6) is 0 Å². The van der Waals surface area contributed by atoms with E-state index >= 15 is 0 Å². The second kappa shape index (κ2) is 7.75. The SMILES string of the molecule is O=C(NCCCn1nc(C(F)(F)F)c(Cl)c1C1CC1)c1ccccc1I. The van der Waals surface area contributed by atoms with Gasteiger partial charge < -0.3 is 5.32 Å². The van der Waals surface area contributed by atoms with E-state index in [2.05, 4.69) is 33.0 Å². The van der Waals surface area contributed by atoms with Crippen LogP contribution >= 0.6 is 34.2 Å². The first-order valence-corrected chi connectivity index (χ1v) is 9.61. The fourth-order valence-electron chi connectivity index (χ4n) is 2.72. The fraction of sp³-hybridized carbons (Fsp3) is 0.412. The Morgan fingerprint density at radius 1 is 1.35 bits per heavy atom. The van der Waals surface area contributed by atoms with Crippen molar-refractivity contribution in [2.75, 3.05) is 6.54 Å². The molecule has 0 spiro atoms. The summed E-state index contributed by atoms with van der Waals surface area (Å²) in [7, 11) is 0. The first-order valence-electron chi connectivity index (χ1n) is 8.15. The van der Waals surface area contributed by atoms with Gasteiger partial charge in [-0.05, 0) is 54.0 Å². The molecule has 3 rings (SSSR count). The molecule has 1 saturated carbocycles. The van der Waals surface area contributed by atoms with Crippen LogP contribution in [0, 0.1) is 3.57 Å². The molecule has 0 saturated heterocycles. The van der Waals surface area contributed by atoms with Gasteiger partial charge in [-0.25, -0.2) is 0 Å². The summed E-state index contributed by atoms with van der Waals surface area (Å²) in [4.78, 5) is 12.1. The van der Waals surface area contributed by atoms with Crippen molar-refractivity contribution in [3.63, 3.8) is 0 Å². The highest BCUT2D eigenvalue weighted by Crippen LogP contribution is 2.46. The molecule has 0 atom stereocenters. The van der Waals surface area contributed by atoms with Crippen LogP contribution in [0.3, 0.4) is 0 Å². The normalized spacial score (nSPS) is 14.5. The van der Waals surface area contributed by atoms with Crippen molar-refractivity contribution in [1.29, 1.82) is 0 Å². The smallest absolute Gasteiger partial charge is 0.352 e. The van der Waals surface area contributed by atoms with E-state index in [1.54, 1.807) is 12.1 Å². The molecule has 140 valence electrons. The Labute approximate surface area is 167 Å². The second-order valence-corrected chi connectivity index (χ2v) is 7.67. The lowest BCUT2D eigenvalue weighted by atomic mass is 10.2. The van der Waals surface area contributed by atoms with Gasteiger partial charge in [0.25, 0.3) is 5.91 Å². The Hall–Kier alpha value is -1.29. The van der Waals surface area contributed by atoms with Crippen molar-refractivity contribution >= 4 is 40.1 Å². The van der Waals surface area contributed by atoms with E-state index in [1.165, 1.54) is 4.68 Å². The average molecular weight is 498 g/mol. The van der Waals surface area contributed by atoms with Crippen LogP contribution in [-0.2, 0) is 12.7 Å². The van der Waals surface area contributed by atoms with E-state index in [-0.39, 0.29) is 23.4 Å². The van der Waals surface area contributed by atoms with E-state index in [9.17, 15) is 18.0 Å². The third kappa shape index (κ3) is 4.33. The summed E-state index contributed by atoms with van der Waals surface area (Å²) in [5.41, 5.74) is 0.0140. The second-order valence-electron chi connectivity index (χ2n) is 6.13. The number of carbonyl (C=O) groups excluding carboxylic acids is 1. The maximum absolute atomic E-state index is 13.0. The molecule has 2 aromatic rings. The summed E-state index contributed by atoms with van der Waals surface area (Å²) in [6.07, 6.45) is -2.45. The van der Waals surface area contributed by atoms with Gasteiger partial charge in [0.2, 0.25) is 0 Å². The standard InChI is InChI=1S/C17H16ClF3IN3O/c18-13-14(10-6-7-10)25(24-15(13)17(19,20)21)9-3-8-23-16(26)11-4-1-2-5-12(11)22/h1-2,4-5,10H,3,6-9H2,(H,23,26). The maximum atomic E-state index is 13.0. The molecule has 0 unspecified atom stereocenters. The summed E-state index contributed by atoms with van der Waals surface area (Å²) in [5.74, 6) is -0.154. The number of carbonyl (C=O) groups is 1. The molecule has 1 aromatic heterocycles. The van der Waals surface area contributed by atoms with Crippen molar-refractivity contribution in [3.8, 4) is 0 Å². The van der Waals surface area contributed by atoms with E-state index in [0.29, 0.717) is 24.2 Å². The van der Waals surface area contributed by atoms with Crippen molar-refractivity contribution in [3.05, 3.63) is 49.8 Å². The number of alkyl halides is 3. The predicted octanol–water partition coefficient (Wildman–Crippen LogP) is 4.86. The zero-order valence-electron chi connectivity index (χ0n) is 13.6. The number of nitrogens with zero attached hydrogens (tertiary/aromatic N) is 2. The number of benzene rings is 1. The van der Waals surface area contributed by atoms with E-state index < -0.39 is 11.9 Å². The number of hydrogen-bond acceptors (Lipinski definition) is 2. The van der Waals surface area contributed by atoms with Crippen molar-refractivity contribution < 1.29 is 18.0 Å². The topological polar surface area (TPSA) is 46.9 Å². The van der Waals surface area contributed by atoms with Gasteiger partial charge in [-0.1, -0.05) is 23.7 Å². The van der Waals surface area contributed by atoms with Crippen LogP contribution in [0.15, 0.2) is 24.3 Å². The Morgan fingerprint density at radius 3 is 2.65 bits per heavy atom. The highest BCUT2D eigenvalue weighted by atomic mass is 127. The maximum Gasteiger partial charge on any atom is 0.436 e. The first-order chi connectivity index (χ1) is 12.3. The van der Waals surface area contributed by atoms with Gasteiger partial charge in [0, 0.05) is 22.6 Å². The fourth-order valence-corrected chi connectivity index (χ4v) is 3.75. The molecule has 1 aromatic carbocycles. The summed E-state index contributed by atoms with van der Waals surface area (Å²) < 4.78 is 41.3. The Kier molecular flexibility index (Phi) is 5.81. The molecule has 1 heterocycles. The van der Waals surface area contributed by atoms with Gasteiger partial charge in [0.15, 0.2) is 5.69 Å². The van der Waals surface area contributed by atoms with Crippen LogP contribution in [0.4, 0.5) is 13.2 Å². The Morgan fingerprint density at radius 2 is 2.04 bits per heavy atom. The molecular formula is C17H16ClF3IN3O. The Bertz CT molecular complexity index is 818. The summed E-state index contributed by atoms with van der Waals surface area (Å²) in [6, 6.07) is 7.19. The highest BCUT2D eigenvalue weighted by molar-refractivity contribution is 14.1. The molecule has 1 aliphatic carbocycles. The van der Waals surface area contributed by atoms with E-state index in [0.717, 1.165) is 16.4 Å². The molecule has 0 bridgehead atoms. The number of hydrogen-bond donors (Lipinski definition) is 1. The van der Waals surface area contributed by atoms with Gasteiger partial charge in [0.1, 0.15) is 0 Å². The monoisotopic (exact) mass is 497 g/mol. The van der Waals surface area contributed by atoms with Gasteiger partial charge in [-0.15, -0.1) is 0 Å². The minimum Gasteiger partial charge on any atom is -0.352 e. The van der Waals surface area contributed by atoms with Crippen molar-refractivity contribution in [2.24, 2.45) is 0 Å². The molecule has 0 radical (unpaired) electrons. The molecule has 1 fully saturated rings. The average Bonchev–Trinajstić information content (AvgIpc) is 3.34. The third-order valence-corrected chi connectivity index (χ3v) is 5.43. The van der Waals surface area contributed by atoms with Crippen molar-refractivity contribution in [1.82, 2.24) is 15.1 Å². The Balaban J connectivity index is 1.62. The zero-order chi connectivity index (χ0) is 18.9. The lowest BCUT2D eigenvalue weighted by Gasteiger charge is -2.09. The third-order valence-electron chi connectivity index (χ3n) is 4.11.